The van der Waals surface area contributed by atoms with Gasteiger partial charge in [-0.1, -0.05) is 38.0 Å². The molecule has 0 radical (unpaired) electrons. The van der Waals surface area contributed by atoms with Gasteiger partial charge in [0.2, 0.25) is 5.91 Å². The predicted octanol–water partition coefficient (Wildman–Crippen LogP) is 3.26. The second-order valence-corrected chi connectivity index (χ2v) is 6.21. The van der Waals surface area contributed by atoms with Gasteiger partial charge in [0.05, 0.1) is 6.04 Å². The van der Waals surface area contributed by atoms with Gasteiger partial charge in [-0.05, 0) is 18.1 Å². The predicted molar refractivity (Wildman–Crippen MR) is 88.2 cm³/mol. The van der Waals surface area contributed by atoms with Crippen molar-refractivity contribution in [3.63, 3.8) is 0 Å². The van der Waals surface area contributed by atoms with Crippen LogP contribution in [0.4, 0.5) is 0 Å². The fourth-order valence-corrected chi connectivity index (χ4v) is 3.70. The van der Waals surface area contributed by atoms with Gasteiger partial charge in [-0.3, -0.25) is 4.79 Å². The maximum absolute atomic E-state index is 12.2. The first-order chi connectivity index (χ1) is 11.0. The van der Waals surface area contributed by atoms with Crippen LogP contribution < -0.4 is 0 Å². The highest BCUT2D eigenvalue weighted by atomic mass is 16.4. The molecule has 1 aliphatic rings. The third-order valence-electron chi connectivity index (χ3n) is 4.73. The molecule has 0 saturated heterocycles. The molecule has 122 valence electrons. The highest BCUT2D eigenvalue weighted by molar-refractivity contribution is 5.89. The maximum atomic E-state index is 12.2. The molecule has 0 fully saturated rings. The van der Waals surface area contributed by atoms with Crippen molar-refractivity contribution >= 4 is 22.8 Å². The number of H-pyrrole nitrogens is 1. The molecule has 2 heterocycles. The quantitative estimate of drug-likeness (QED) is 0.909. The molecule has 5 heteroatoms. The summed E-state index contributed by atoms with van der Waals surface area (Å²) >= 11 is 0. The molecule has 1 aromatic carbocycles. The van der Waals surface area contributed by atoms with Gasteiger partial charge in [0.15, 0.2) is 0 Å². The van der Waals surface area contributed by atoms with Gasteiger partial charge < -0.3 is 15.0 Å². The number of unbranched alkanes of at least 4 members (excludes halogenated alkanes) is 1. The van der Waals surface area contributed by atoms with Crippen molar-refractivity contribution in [2.75, 3.05) is 0 Å². The fraction of sp³-hybridized carbons (Fsp3) is 0.444. The normalized spacial score (nSPS) is 20.5. The number of carboxylic acids is 1. The Balaban J connectivity index is 2.16. The molecular weight excluding hydrogens is 292 g/mol. The van der Waals surface area contributed by atoms with E-state index in [4.69, 9.17) is 0 Å². The Morgan fingerprint density at radius 3 is 2.74 bits per heavy atom. The number of aromatic nitrogens is 1. The number of nitrogens with zero attached hydrogens (tertiary/aromatic N) is 1. The number of aromatic amines is 1. The largest absolute Gasteiger partial charge is 0.480 e. The summed E-state index contributed by atoms with van der Waals surface area (Å²) in [4.78, 5) is 28.9. The number of carbonyl (C=O) groups is 2. The summed E-state index contributed by atoms with van der Waals surface area (Å²) < 4.78 is 0. The molecule has 0 bridgehead atoms. The van der Waals surface area contributed by atoms with Crippen LogP contribution in [0.3, 0.4) is 0 Å². The molecule has 1 aliphatic heterocycles. The lowest BCUT2D eigenvalue weighted by molar-refractivity contribution is -0.152. The molecule has 0 aliphatic carbocycles. The van der Waals surface area contributed by atoms with Crippen LogP contribution in [0.2, 0.25) is 0 Å². The lowest BCUT2D eigenvalue weighted by Crippen LogP contribution is -2.50. The molecular formula is C18H22N2O3. The van der Waals surface area contributed by atoms with Crippen LogP contribution in [0.5, 0.6) is 0 Å². The topological polar surface area (TPSA) is 73.4 Å². The number of rotatable bonds is 4. The number of fused-ring (bicyclic) bond motifs is 3. The molecule has 1 aromatic heterocycles. The first-order valence-electron chi connectivity index (χ1n) is 8.15. The van der Waals surface area contributed by atoms with Crippen LogP contribution in [-0.4, -0.2) is 32.9 Å². The summed E-state index contributed by atoms with van der Waals surface area (Å²) in [5.74, 6) is -1.11. The van der Waals surface area contributed by atoms with Crippen molar-refractivity contribution in [3.8, 4) is 0 Å². The summed E-state index contributed by atoms with van der Waals surface area (Å²) in [6.07, 6.45) is 3.10. The zero-order valence-corrected chi connectivity index (χ0v) is 13.5. The van der Waals surface area contributed by atoms with E-state index in [1.165, 1.54) is 6.92 Å². The van der Waals surface area contributed by atoms with Gasteiger partial charge >= 0.3 is 5.97 Å². The molecule has 23 heavy (non-hydrogen) atoms. The Labute approximate surface area is 135 Å². The molecule has 0 saturated carbocycles. The number of amides is 1. The van der Waals surface area contributed by atoms with Crippen molar-refractivity contribution in [2.45, 2.75) is 51.6 Å². The van der Waals surface area contributed by atoms with Crippen LogP contribution >= 0.6 is 0 Å². The van der Waals surface area contributed by atoms with E-state index >= 15 is 0 Å². The Morgan fingerprint density at radius 1 is 1.35 bits per heavy atom. The summed E-state index contributed by atoms with van der Waals surface area (Å²) in [7, 11) is 0. The van der Waals surface area contributed by atoms with E-state index < -0.39 is 12.0 Å². The van der Waals surface area contributed by atoms with Gasteiger partial charge in [0.1, 0.15) is 6.04 Å². The molecule has 1 amide bonds. The Bertz CT molecular complexity index is 750. The van der Waals surface area contributed by atoms with Gasteiger partial charge in [-0.15, -0.1) is 0 Å². The van der Waals surface area contributed by atoms with Crippen molar-refractivity contribution < 1.29 is 14.7 Å². The minimum Gasteiger partial charge on any atom is -0.480 e. The second-order valence-electron chi connectivity index (χ2n) is 6.21. The molecule has 2 N–H and O–H groups in total. The Hall–Kier alpha value is -2.30. The number of aliphatic carboxylic acids is 1. The lowest BCUT2D eigenvalue weighted by Gasteiger charge is -2.39. The number of nitrogens with one attached hydrogen (secondary N) is 1. The number of carbonyl (C=O) groups excluding carboxylic acids is 1. The maximum Gasteiger partial charge on any atom is 0.326 e. The molecule has 3 rings (SSSR count). The minimum atomic E-state index is -0.933. The SMILES string of the molecule is CCCC[C@@H]1c2[nH]c3ccccc3c2C[C@@H](C(=O)O)N1C(C)=O. The smallest absolute Gasteiger partial charge is 0.326 e. The Morgan fingerprint density at radius 2 is 2.09 bits per heavy atom. The number of hydrogen-bond donors (Lipinski definition) is 2. The van der Waals surface area contributed by atoms with Crippen LogP contribution in [0.15, 0.2) is 24.3 Å². The zero-order valence-electron chi connectivity index (χ0n) is 13.5. The van der Waals surface area contributed by atoms with E-state index in [0.717, 1.165) is 41.4 Å². The van der Waals surface area contributed by atoms with E-state index in [1.54, 1.807) is 4.90 Å². The lowest BCUT2D eigenvalue weighted by atomic mass is 9.89. The van der Waals surface area contributed by atoms with Crippen molar-refractivity contribution in [2.24, 2.45) is 0 Å². The molecule has 5 nitrogen and oxygen atoms in total. The Kier molecular flexibility index (Phi) is 4.11. The van der Waals surface area contributed by atoms with Gasteiger partial charge in [0, 0.05) is 29.9 Å². The minimum absolute atomic E-state index is 0.178. The molecule has 2 aromatic rings. The monoisotopic (exact) mass is 314 g/mol. The van der Waals surface area contributed by atoms with Crippen molar-refractivity contribution in [1.82, 2.24) is 9.88 Å². The first-order valence-corrected chi connectivity index (χ1v) is 8.15. The van der Waals surface area contributed by atoms with E-state index in [0.29, 0.717) is 6.42 Å². The number of hydrogen-bond acceptors (Lipinski definition) is 2. The summed E-state index contributed by atoms with van der Waals surface area (Å²) in [6.45, 7) is 3.56. The third-order valence-corrected chi connectivity index (χ3v) is 4.73. The molecule has 0 unspecified atom stereocenters. The number of carboxylic acid groups (broad SMARTS) is 1. The van der Waals surface area contributed by atoms with Crippen molar-refractivity contribution in [1.29, 1.82) is 0 Å². The van der Waals surface area contributed by atoms with Gasteiger partial charge in [-0.2, -0.15) is 0 Å². The fourth-order valence-electron chi connectivity index (χ4n) is 3.70. The molecule has 2 atom stereocenters. The van der Waals surface area contributed by atoms with Crippen LogP contribution in [0.25, 0.3) is 10.9 Å². The van der Waals surface area contributed by atoms with E-state index in [-0.39, 0.29) is 11.9 Å². The summed E-state index contributed by atoms with van der Waals surface area (Å²) in [5.41, 5.74) is 3.06. The van der Waals surface area contributed by atoms with Gasteiger partial charge in [0.25, 0.3) is 0 Å². The van der Waals surface area contributed by atoms with Crippen molar-refractivity contribution in [3.05, 3.63) is 35.5 Å². The number of benzene rings is 1. The summed E-state index contributed by atoms with van der Waals surface area (Å²) in [6, 6.07) is 6.96. The highest BCUT2D eigenvalue weighted by Gasteiger charge is 2.41. The van der Waals surface area contributed by atoms with Crippen LogP contribution in [-0.2, 0) is 16.0 Å². The van der Waals surface area contributed by atoms with E-state index in [1.807, 2.05) is 24.3 Å². The average molecular weight is 314 g/mol. The van der Waals surface area contributed by atoms with Crippen LogP contribution in [0.1, 0.15) is 50.4 Å². The van der Waals surface area contributed by atoms with E-state index in [9.17, 15) is 14.7 Å². The standard InChI is InChI=1S/C18H22N2O3/c1-3-4-9-15-17-13(12-7-5-6-8-14(12)19-17)10-16(18(22)23)20(15)11(2)21/h5-8,15-16,19H,3-4,9-10H2,1-2H3,(H,22,23)/t15-,16+/m1/s1. The van der Waals surface area contributed by atoms with Gasteiger partial charge in [-0.25, -0.2) is 4.79 Å². The highest BCUT2D eigenvalue weighted by Crippen LogP contribution is 2.39. The third kappa shape index (κ3) is 2.60. The van der Waals surface area contributed by atoms with E-state index in [2.05, 4.69) is 11.9 Å². The number of para-hydroxylation sites is 1. The van der Waals surface area contributed by atoms with Crippen LogP contribution in [0, 0.1) is 0 Å². The summed E-state index contributed by atoms with van der Waals surface area (Å²) in [5, 5.41) is 10.7. The first kappa shape index (κ1) is 15.6. The zero-order chi connectivity index (χ0) is 16.6. The average Bonchev–Trinajstić information content (AvgIpc) is 2.90. The molecule has 0 spiro atoms. The second kappa shape index (κ2) is 6.07.